The van der Waals surface area contributed by atoms with Gasteiger partial charge in [-0.2, -0.15) is 0 Å². The second kappa shape index (κ2) is 8.20. The lowest BCUT2D eigenvalue weighted by molar-refractivity contribution is -0.134. The van der Waals surface area contributed by atoms with Crippen LogP contribution in [0.5, 0.6) is 0 Å². The van der Waals surface area contributed by atoms with Crippen LogP contribution in [-0.2, 0) is 11.2 Å². The van der Waals surface area contributed by atoms with E-state index in [9.17, 15) is 14.0 Å². The van der Waals surface area contributed by atoms with Gasteiger partial charge in [0.2, 0.25) is 5.91 Å². The van der Waals surface area contributed by atoms with Crippen molar-refractivity contribution in [2.24, 2.45) is 0 Å². The Bertz CT molecular complexity index is 840. The molecule has 0 aliphatic carbocycles. The summed E-state index contributed by atoms with van der Waals surface area (Å²) < 4.78 is 13.8. The van der Waals surface area contributed by atoms with Crippen LogP contribution in [0.15, 0.2) is 48.5 Å². The van der Waals surface area contributed by atoms with Crippen LogP contribution in [-0.4, -0.2) is 41.4 Å². The number of fused-ring (bicyclic) bond motifs is 1. The average molecular weight is 369 g/mol. The van der Waals surface area contributed by atoms with Crippen LogP contribution < -0.4 is 5.32 Å². The van der Waals surface area contributed by atoms with E-state index in [4.69, 9.17) is 0 Å². The number of likely N-dealkylation sites (N-methyl/N-ethyl adjacent to an activating group) is 1. The largest absolute Gasteiger partial charge is 0.334 e. The van der Waals surface area contributed by atoms with E-state index in [-0.39, 0.29) is 24.2 Å². The Morgan fingerprint density at radius 2 is 1.89 bits per heavy atom. The molecule has 1 N–H and O–H groups in total. The molecular formula is C21H24FN3O2. The number of benzene rings is 2. The van der Waals surface area contributed by atoms with Crippen LogP contribution in [0.2, 0.25) is 0 Å². The van der Waals surface area contributed by atoms with E-state index in [2.05, 4.69) is 11.4 Å². The van der Waals surface area contributed by atoms with Gasteiger partial charge in [-0.1, -0.05) is 36.4 Å². The fraction of sp³-hybridized carbons (Fsp3) is 0.333. The molecule has 5 nitrogen and oxygen atoms in total. The van der Waals surface area contributed by atoms with E-state index in [1.807, 2.05) is 25.1 Å². The summed E-state index contributed by atoms with van der Waals surface area (Å²) in [5, 5.41) is 2.54. The maximum absolute atomic E-state index is 13.8. The van der Waals surface area contributed by atoms with Gasteiger partial charge in [0.25, 0.3) is 0 Å². The minimum atomic E-state index is -0.505. The monoisotopic (exact) mass is 369 g/mol. The quantitative estimate of drug-likeness (QED) is 0.891. The van der Waals surface area contributed by atoms with Crippen molar-refractivity contribution in [2.75, 3.05) is 25.0 Å². The van der Waals surface area contributed by atoms with Crippen LogP contribution >= 0.6 is 0 Å². The lowest BCUT2D eigenvalue weighted by atomic mass is 9.93. The fourth-order valence-corrected chi connectivity index (χ4v) is 3.45. The molecule has 0 radical (unpaired) electrons. The first-order valence-electron chi connectivity index (χ1n) is 9.19. The van der Waals surface area contributed by atoms with Gasteiger partial charge in [0, 0.05) is 13.1 Å². The first-order valence-corrected chi connectivity index (χ1v) is 9.19. The molecule has 2 aromatic rings. The van der Waals surface area contributed by atoms with Crippen molar-refractivity contribution in [1.82, 2.24) is 9.80 Å². The molecule has 0 fully saturated rings. The van der Waals surface area contributed by atoms with Crippen LogP contribution in [0.25, 0.3) is 0 Å². The number of halogens is 1. The average Bonchev–Trinajstić information content (AvgIpc) is 2.68. The van der Waals surface area contributed by atoms with E-state index in [1.165, 1.54) is 22.6 Å². The topological polar surface area (TPSA) is 52.7 Å². The van der Waals surface area contributed by atoms with E-state index >= 15 is 0 Å². The maximum Gasteiger partial charge on any atom is 0.322 e. The molecule has 1 unspecified atom stereocenters. The number of anilines is 1. The van der Waals surface area contributed by atoms with Crippen molar-refractivity contribution in [3.63, 3.8) is 0 Å². The predicted molar refractivity (Wildman–Crippen MR) is 103 cm³/mol. The molecule has 1 aliphatic rings. The Balaban J connectivity index is 1.67. The van der Waals surface area contributed by atoms with Gasteiger partial charge >= 0.3 is 6.03 Å². The number of para-hydroxylation sites is 1. The minimum absolute atomic E-state index is 0.0317. The predicted octanol–water partition coefficient (Wildman–Crippen LogP) is 3.83. The summed E-state index contributed by atoms with van der Waals surface area (Å²) in [5.41, 5.74) is 2.52. The molecular weight excluding hydrogens is 345 g/mol. The zero-order valence-electron chi connectivity index (χ0n) is 15.6. The fourth-order valence-electron chi connectivity index (χ4n) is 3.45. The molecule has 0 spiro atoms. The lowest BCUT2D eigenvalue weighted by Crippen LogP contribution is -2.47. The van der Waals surface area contributed by atoms with Crippen molar-refractivity contribution in [3.05, 3.63) is 65.5 Å². The van der Waals surface area contributed by atoms with Crippen LogP contribution in [0.3, 0.4) is 0 Å². The molecule has 3 rings (SSSR count). The van der Waals surface area contributed by atoms with E-state index < -0.39 is 11.8 Å². The molecule has 2 aromatic carbocycles. The standard InChI is InChI=1S/C21H24FN3O2/c1-3-24(21(27)23-19-11-7-6-10-18(19)22)14-20(26)25-13-12-16-8-4-5-9-17(16)15(25)2/h4-11,15H,3,12-14H2,1-2H3,(H,23,27). The summed E-state index contributed by atoms with van der Waals surface area (Å²) in [5.74, 6) is -0.614. The second-order valence-electron chi connectivity index (χ2n) is 6.64. The summed E-state index contributed by atoms with van der Waals surface area (Å²) in [4.78, 5) is 28.5. The number of amides is 3. The Morgan fingerprint density at radius 3 is 2.63 bits per heavy atom. The number of rotatable bonds is 4. The highest BCUT2D eigenvalue weighted by Gasteiger charge is 2.29. The van der Waals surface area contributed by atoms with Gasteiger partial charge in [-0.15, -0.1) is 0 Å². The number of carbonyl (C=O) groups is 2. The zero-order valence-corrected chi connectivity index (χ0v) is 15.6. The highest BCUT2D eigenvalue weighted by molar-refractivity contribution is 5.92. The van der Waals surface area contributed by atoms with E-state index in [0.717, 1.165) is 12.0 Å². The van der Waals surface area contributed by atoms with Gasteiger partial charge < -0.3 is 15.1 Å². The summed E-state index contributed by atoms with van der Waals surface area (Å²) in [7, 11) is 0. The number of carbonyl (C=O) groups excluding carboxylic acids is 2. The number of urea groups is 1. The molecule has 27 heavy (non-hydrogen) atoms. The summed E-state index contributed by atoms with van der Waals surface area (Å²) >= 11 is 0. The summed E-state index contributed by atoms with van der Waals surface area (Å²) in [6.45, 7) is 4.74. The van der Waals surface area contributed by atoms with Gasteiger partial charge in [0.15, 0.2) is 0 Å². The van der Waals surface area contributed by atoms with Gasteiger partial charge in [-0.3, -0.25) is 4.79 Å². The SMILES string of the molecule is CCN(CC(=O)N1CCc2ccccc2C1C)C(=O)Nc1ccccc1F. The third-order valence-corrected chi connectivity index (χ3v) is 5.03. The molecule has 0 aromatic heterocycles. The molecule has 3 amide bonds. The van der Waals surface area contributed by atoms with Gasteiger partial charge in [0.1, 0.15) is 12.4 Å². The van der Waals surface area contributed by atoms with Gasteiger partial charge in [0.05, 0.1) is 11.7 Å². The number of hydrogen-bond donors (Lipinski definition) is 1. The van der Waals surface area contributed by atoms with Crippen LogP contribution in [0.1, 0.15) is 31.0 Å². The van der Waals surface area contributed by atoms with Crippen LogP contribution in [0, 0.1) is 5.82 Å². The molecule has 1 aliphatic heterocycles. The van der Waals surface area contributed by atoms with Gasteiger partial charge in [-0.05, 0) is 43.5 Å². The normalized spacial score (nSPS) is 15.8. The number of hydrogen-bond acceptors (Lipinski definition) is 2. The van der Waals surface area contributed by atoms with Crippen molar-refractivity contribution >= 4 is 17.6 Å². The highest BCUT2D eigenvalue weighted by Crippen LogP contribution is 2.29. The first-order chi connectivity index (χ1) is 13.0. The Labute approximate surface area is 158 Å². The van der Waals surface area contributed by atoms with Crippen molar-refractivity contribution in [1.29, 1.82) is 0 Å². The Hall–Kier alpha value is -2.89. The van der Waals surface area contributed by atoms with Crippen molar-refractivity contribution < 1.29 is 14.0 Å². The molecule has 142 valence electrons. The smallest absolute Gasteiger partial charge is 0.322 e. The van der Waals surface area contributed by atoms with E-state index in [0.29, 0.717) is 13.1 Å². The van der Waals surface area contributed by atoms with Crippen molar-refractivity contribution in [2.45, 2.75) is 26.3 Å². The molecule has 0 saturated carbocycles. The minimum Gasteiger partial charge on any atom is -0.334 e. The molecule has 1 heterocycles. The molecule has 6 heteroatoms. The molecule has 0 bridgehead atoms. The lowest BCUT2D eigenvalue weighted by Gasteiger charge is -2.36. The Morgan fingerprint density at radius 1 is 1.19 bits per heavy atom. The highest BCUT2D eigenvalue weighted by atomic mass is 19.1. The molecule has 0 saturated heterocycles. The second-order valence-corrected chi connectivity index (χ2v) is 6.64. The summed E-state index contributed by atoms with van der Waals surface area (Å²) in [6, 6.07) is 13.6. The van der Waals surface area contributed by atoms with E-state index in [1.54, 1.807) is 24.0 Å². The van der Waals surface area contributed by atoms with Crippen LogP contribution in [0.4, 0.5) is 14.9 Å². The third-order valence-electron chi connectivity index (χ3n) is 5.03. The number of nitrogens with one attached hydrogen (secondary N) is 1. The number of nitrogens with zero attached hydrogens (tertiary/aromatic N) is 2. The van der Waals surface area contributed by atoms with Gasteiger partial charge in [-0.25, -0.2) is 9.18 Å². The third kappa shape index (κ3) is 4.10. The zero-order chi connectivity index (χ0) is 19.4. The summed E-state index contributed by atoms with van der Waals surface area (Å²) in [6.07, 6.45) is 0.805. The maximum atomic E-state index is 13.8. The Kier molecular flexibility index (Phi) is 5.74. The first kappa shape index (κ1) is 18.9. The van der Waals surface area contributed by atoms with Crippen molar-refractivity contribution in [3.8, 4) is 0 Å². The molecule has 1 atom stereocenters.